The molecule has 5 rings (SSSR count). The monoisotopic (exact) mass is 498 g/mol. The number of carbonyl (C=O) groups excluding carboxylic acids is 2. The van der Waals surface area contributed by atoms with Gasteiger partial charge >= 0.3 is 0 Å². The Bertz CT molecular complexity index is 1240. The summed E-state index contributed by atoms with van der Waals surface area (Å²) in [5.41, 5.74) is 8.56. The molecule has 2 heterocycles. The molecule has 2 amide bonds. The van der Waals surface area contributed by atoms with E-state index in [0.717, 1.165) is 36.9 Å². The van der Waals surface area contributed by atoms with Crippen LogP contribution in [0.1, 0.15) is 24.0 Å². The Hall–Kier alpha value is -3.11. The van der Waals surface area contributed by atoms with Crippen molar-refractivity contribution >= 4 is 27.5 Å². The lowest BCUT2D eigenvalue weighted by Crippen LogP contribution is -2.54. The largest absolute Gasteiger partial charge is 0.477 e. The number of anilines is 1. The molecule has 186 valence electrons. The Morgan fingerprint density at radius 3 is 2.43 bits per heavy atom. The van der Waals surface area contributed by atoms with Gasteiger partial charge in [-0.15, -0.1) is 0 Å². The lowest BCUT2D eigenvalue weighted by Gasteiger charge is -2.38. The Kier molecular flexibility index (Phi) is 6.41. The van der Waals surface area contributed by atoms with E-state index >= 15 is 0 Å². The summed E-state index contributed by atoms with van der Waals surface area (Å²) in [6.07, 6.45) is 3.32. The lowest BCUT2D eigenvalue weighted by molar-refractivity contribution is -0.131. The first-order valence-electron chi connectivity index (χ1n) is 12.0. The molecule has 0 saturated carbocycles. The Labute approximate surface area is 205 Å². The van der Waals surface area contributed by atoms with Gasteiger partial charge in [-0.1, -0.05) is 18.2 Å². The van der Waals surface area contributed by atoms with Crippen molar-refractivity contribution in [1.82, 2.24) is 9.21 Å². The van der Waals surface area contributed by atoms with E-state index in [1.807, 2.05) is 24.3 Å². The third-order valence-corrected chi connectivity index (χ3v) is 8.95. The summed E-state index contributed by atoms with van der Waals surface area (Å²) in [4.78, 5) is 28.6. The van der Waals surface area contributed by atoms with Gasteiger partial charge in [-0.05, 0) is 61.1 Å². The number of para-hydroxylation sites is 2. The molecule has 0 unspecified atom stereocenters. The number of amides is 2. The van der Waals surface area contributed by atoms with E-state index in [0.29, 0.717) is 23.7 Å². The third-order valence-electron chi connectivity index (χ3n) is 7.05. The third kappa shape index (κ3) is 4.72. The van der Waals surface area contributed by atoms with E-state index in [1.54, 1.807) is 28.0 Å². The topological polar surface area (TPSA) is 113 Å². The van der Waals surface area contributed by atoms with Crippen molar-refractivity contribution in [2.75, 3.05) is 44.2 Å². The van der Waals surface area contributed by atoms with Gasteiger partial charge in [0.15, 0.2) is 6.10 Å². The molecule has 3 aliphatic rings. The van der Waals surface area contributed by atoms with E-state index in [-0.39, 0.29) is 32.1 Å². The summed E-state index contributed by atoms with van der Waals surface area (Å²) in [5, 5.41) is 0. The number of primary amides is 1. The molecular weight excluding hydrogens is 468 g/mol. The number of rotatable bonds is 5. The zero-order valence-corrected chi connectivity index (χ0v) is 20.4. The molecule has 0 aromatic heterocycles. The van der Waals surface area contributed by atoms with Crippen LogP contribution in [0.4, 0.5) is 5.69 Å². The van der Waals surface area contributed by atoms with Crippen LogP contribution >= 0.6 is 0 Å². The summed E-state index contributed by atoms with van der Waals surface area (Å²) in [7, 11) is -3.61. The molecule has 2 aromatic rings. The summed E-state index contributed by atoms with van der Waals surface area (Å²) >= 11 is 0. The number of piperazine rings is 1. The number of benzene rings is 2. The smallest absolute Gasteiger partial charge is 0.260 e. The standard InChI is InChI=1S/C25H30N4O5S/c26-25(31)23-16-28(21-7-3-4-8-22(21)34-23)17-24(30)27-11-13-29(14-12-27)35(32,33)20-10-9-18-5-1-2-6-19(18)15-20/h3-4,7-10,15,23H,1-2,5-6,11-14,16-17H2,(H2,26,31)/t23-/m0/s1. The first-order valence-corrected chi connectivity index (χ1v) is 13.5. The van der Waals surface area contributed by atoms with E-state index in [2.05, 4.69) is 0 Å². The quantitative estimate of drug-likeness (QED) is 0.662. The van der Waals surface area contributed by atoms with Crippen molar-refractivity contribution in [3.05, 3.63) is 53.6 Å². The van der Waals surface area contributed by atoms with Crippen LogP contribution in [0.25, 0.3) is 0 Å². The highest BCUT2D eigenvalue weighted by Gasteiger charge is 2.34. The Balaban J connectivity index is 1.23. The number of fused-ring (bicyclic) bond motifs is 2. The van der Waals surface area contributed by atoms with Gasteiger partial charge < -0.3 is 20.3 Å². The molecule has 9 nitrogen and oxygen atoms in total. The number of aryl methyl sites for hydroxylation is 2. The fourth-order valence-corrected chi connectivity index (χ4v) is 6.54. The molecule has 2 aliphatic heterocycles. The lowest BCUT2D eigenvalue weighted by atomic mass is 9.92. The summed E-state index contributed by atoms with van der Waals surface area (Å²) in [6, 6.07) is 12.7. The molecule has 0 radical (unpaired) electrons. The Morgan fingerprint density at radius 1 is 0.971 bits per heavy atom. The highest BCUT2D eigenvalue weighted by Crippen LogP contribution is 2.33. The highest BCUT2D eigenvalue weighted by atomic mass is 32.2. The van der Waals surface area contributed by atoms with Gasteiger partial charge in [-0.2, -0.15) is 4.31 Å². The first kappa shape index (κ1) is 23.6. The molecule has 10 heteroatoms. The molecule has 1 fully saturated rings. The van der Waals surface area contributed by atoms with Crippen molar-refractivity contribution in [2.45, 2.75) is 36.7 Å². The summed E-state index contributed by atoms with van der Waals surface area (Å²) < 4.78 is 33.7. The first-order chi connectivity index (χ1) is 16.8. The van der Waals surface area contributed by atoms with Crippen LogP contribution in [0.3, 0.4) is 0 Å². The van der Waals surface area contributed by atoms with Crippen LogP contribution in [0.15, 0.2) is 47.4 Å². The number of nitrogens with two attached hydrogens (primary N) is 1. The van der Waals surface area contributed by atoms with Crippen LogP contribution in [-0.2, 0) is 32.5 Å². The summed E-state index contributed by atoms with van der Waals surface area (Å²) in [6.45, 7) is 1.36. The predicted octanol–water partition coefficient (Wildman–Crippen LogP) is 1.15. The van der Waals surface area contributed by atoms with E-state index < -0.39 is 22.0 Å². The minimum absolute atomic E-state index is 0.0573. The number of hydrogen-bond acceptors (Lipinski definition) is 6. The van der Waals surface area contributed by atoms with Gasteiger partial charge in [0.2, 0.25) is 15.9 Å². The molecule has 0 spiro atoms. The SMILES string of the molecule is NC(=O)[C@@H]1CN(CC(=O)N2CCN(S(=O)(=O)c3ccc4c(c3)CCCC4)CC2)c2ccccc2O1. The van der Waals surface area contributed by atoms with Crippen LogP contribution in [0.2, 0.25) is 0 Å². The minimum atomic E-state index is -3.61. The van der Waals surface area contributed by atoms with Crippen LogP contribution in [0.5, 0.6) is 5.75 Å². The minimum Gasteiger partial charge on any atom is -0.477 e. The maximum absolute atomic E-state index is 13.3. The van der Waals surface area contributed by atoms with Crippen molar-refractivity contribution < 1.29 is 22.7 Å². The van der Waals surface area contributed by atoms with Crippen molar-refractivity contribution in [1.29, 1.82) is 0 Å². The van der Waals surface area contributed by atoms with Crippen molar-refractivity contribution in [3.63, 3.8) is 0 Å². The zero-order valence-electron chi connectivity index (χ0n) is 19.6. The normalized spacial score (nSPS) is 20.5. The van der Waals surface area contributed by atoms with Crippen LogP contribution in [-0.4, -0.2) is 74.8 Å². The molecule has 2 N–H and O–H groups in total. The van der Waals surface area contributed by atoms with Gasteiger partial charge in [0.1, 0.15) is 5.75 Å². The van der Waals surface area contributed by atoms with Gasteiger partial charge in [0.25, 0.3) is 5.91 Å². The number of carbonyl (C=O) groups is 2. The molecule has 1 saturated heterocycles. The van der Waals surface area contributed by atoms with Crippen molar-refractivity contribution in [3.8, 4) is 5.75 Å². The molecule has 0 bridgehead atoms. The number of ether oxygens (including phenoxy) is 1. The van der Waals surface area contributed by atoms with E-state index in [1.165, 1.54) is 9.87 Å². The van der Waals surface area contributed by atoms with Crippen LogP contribution in [0, 0.1) is 0 Å². The van der Waals surface area contributed by atoms with E-state index in [4.69, 9.17) is 10.5 Å². The highest BCUT2D eigenvalue weighted by molar-refractivity contribution is 7.89. The second-order valence-electron chi connectivity index (χ2n) is 9.28. The zero-order chi connectivity index (χ0) is 24.6. The molecule has 1 aliphatic carbocycles. The molecular formula is C25H30N4O5S. The summed E-state index contributed by atoms with van der Waals surface area (Å²) in [5.74, 6) is -0.204. The number of sulfonamides is 1. The maximum atomic E-state index is 13.3. The fourth-order valence-electron chi connectivity index (χ4n) is 5.07. The predicted molar refractivity (Wildman–Crippen MR) is 131 cm³/mol. The van der Waals surface area contributed by atoms with Gasteiger partial charge in [-0.3, -0.25) is 9.59 Å². The van der Waals surface area contributed by atoms with Gasteiger partial charge in [-0.25, -0.2) is 8.42 Å². The Morgan fingerprint density at radius 2 is 1.69 bits per heavy atom. The molecule has 1 atom stereocenters. The van der Waals surface area contributed by atoms with Crippen molar-refractivity contribution in [2.24, 2.45) is 5.73 Å². The second kappa shape index (κ2) is 9.50. The van der Waals surface area contributed by atoms with Gasteiger partial charge in [0.05, 0.1) is 23.7 Å². The fraction of sp³-hybridized carbons (Fsp3) is 0.440. The molecule has 35 heavy (non-hydrogen) atoms. The number of nitrogens with zero attached hydrogens (tertiary/aromatic N) is 3. The molecule has 2 aromatic carbocycles. The second-order valence-corrected chi connectivity index (χ2v) is 11.2. The average Bonchev–Trinajstić information content (AvgIpc) is 2.88. The van der Waals surface area contributed by atoms with Gasteiger partial charge in [0, 0.05) is 26.2 Å². The average molecular weight is 499 g/mol. The van der Waals surface area contributed by atoms with Crippen LogP contribution < -0.4 is 15.4 Å². The maximum Gasteiger partial charge on any atom is 0.260 e. The number of hydrogen-bond donors (Lipinski definition) is 1. The van der Waals surface area contributed by atoms with E-state index in [9.17, 15) is 18.0 Å².